The molecule has 3 heterocycles. The van der Waals surface area contributed by atoms with Crippen LogP contribution in [0.1, 0.15) is 37.7 Å². The van der Waals surface area contributed by atoms with Crippen molar-refractivity contribution in [3.05, 3.63) is 144 Å². The smallest absolute Gasteiger partial charge is 0.272 e. The molecule has 2 aromatic heterocycles. The second-order valence-electron chi connectivity index (χ2n) is 10.2. The number of imide groups is 1. The quantitative estimate of drug-likeness (QED) is 0.189. The Balaban J connectivity index is 0.000000160. The third-order valence-electron chi connectivity index (χ3n) is 7.42. The van der Waals surface area contributed by atoms with Crippen molar-refractivity contribution in [3.63, 3.8) is 0 Å². The first-order chi connectivity index (χ1) is 21.8. The minimum atomic E-state index is -0.353. The molecule has 1 aliphatic heterocycles. The van der Waals surface area contributed by atoms with E-state index in [2.05, 4.69) is 53.8 Å². The first-order valence-corrected chi connectivity index (χ1v) is 14.7. The summed E-state index contributed by atoms with van der Waals surface area (Å²) >= 11 is 3.33. The van der Waals surface area contributed by atoms with Crippen LogP contribution in [0.2, 0.25) is 0 Å². The maximum atomic E-state index is 12.5. The molecule has 0 radical (unpaired) electrons. The Bertz CT molecular complexity index is 2160. The van der Waals surface area contributed by atoms with Gasteiger partial charge in [0.05, 0.1) is 39.8 Å². The van der Waals surface area contributed by atoms with Gasteiger partial charge in [-0.2, -0.15) is 10.2 Å². The maximum Gasteiger partial charge on any atom is 0.272 e. The van der Waals surface area contributed by atoms with Crippen LogP contribution in [0.5, 0.6) is 0 Å². The summed E-state index contributed by atoms with van der Waals surface area (Å²) in [5.74, 6) is -0.706. The zero-order chi connectivity index (χ0) is 31.5. The largest absolute Gasteiger partial charge is 0.381 e. The number of carbonyl (C=O) groups excluding carboxylic acids is 2. The fourth-order valence-electron chi connectivity index (χ4n) is 5.14. The van der Waals surface area contributed by atoms with E-state index in [9.17, 15) is 19.2 Å². The summed E-state index contributed by atoms with van der Waals surface area (Å²) in [5.41, 5.74) is 9.13. The van der Waals surface area contributed by atoms with Gasteiger partial charge in [0.2, 0.25) is 0 Å². The Morgan fingerprint density at radius 3 is 1.93 bits per heavy atom. The van der Waals surface area contributed by atoms with Gasteiger partial charge in [-0.25, -0.2) is 10.2 Å². The molecule has 0 atom stereocenters. The molecular formula is C33H26BrN7O4. The van der Waals surface area contributed by atoms with Gasteiger partial charge in [-0.3, -0.25) is 24.1 Å². The standard InChI is InChI=1S/C17H10BrN3O3.C16H16N4O/c18-9-5-6-10-13(7-9)15(22)20-19-14(10)8-21-16(23)11-3-1-2-4-12(11)17(21)24;17-9-15-13-7-6-12(8-14(13)16(21)20-19-15)18-10-11-4-2-1-3-5-11/h1-7H,8H2,(H,20,22);1-8,18H,9-10,17H2,(H,20,21). The average molecular weight is 665 g/mol. The lowest BCUT2D eigenvalue weighted by Gasteiger charge is -2.14. The van der Waals surface area contributed by atoms with E-state index >= 15 is 0 Å². The summed E-state index contributed by atoms with van der Waals surface area (Å²) in [7, 11) is 0. The zero-order valence-corrected chi connectivity index (χ0v) is 25.3. The molecule has 0 bridgehead atoms. The molecule has 12 heteroatoms. The van der Waals surface area contributed by atoms with E-state index in [1.165, 1.54) is 5.56 Å². The van der Waals surface area contributed by atoms with Crippen LogP contribution in [0, 0.1) is 0 Å². The van der Waals surface area contributed by atoms with Crippen LogP contribution in [0.15, 0.2) is 105 Å². The van der Waals surface area contributed by atoms with Crippen LogP contribution >= 0.6 is 15.9 Å². The Hall–Kier alpha value is -5.46. The maximum absolute atomic E-state index is 12.5. The van der Waals surface area contributed by atoms with Crippen LogP contribution in [0.4, 0.5) is 5.69 Å². The van der Waals surface area contributed by atoms with Crippen LogP contribution in [0.25, 0.3) is 21.5 Å². The molecule has 0 fully saturated rings. The van der Waals surface area contributed by atoms with E-state index in [-0.39, 0.29) is 29.5 Å². The summed E-state index contributed by atoms with van der Waals surface area (Å²) < 4.78 is 0.762. The van der Waals surface area contributed by atoms with Gasteiger partial charge in [0.25, 0.3) is 22.9 Å². The minimum absolute atomic E-state index is 0.00125. The van der Waals surface area contributed by atoms with Gasteiger partial charge in [-0.15, -0.1) is 0 Å². The lowest BCUT2D eigenvalue weighted by Crippen LogP contribution is -2.30. The Morgan fingerprint density at radius 2 is 1.27 bits per heavy atom. The summed E-state index contributed by atoms with van der Waals surface area (Å²) in [6, 6.07) is 27.7. The number of fused-ring (bicyclic) bond motifs is 3. The van der Waals surface area contributed by atoms with E-state index in [1.807, 2.05) is 36.4 Å². The molecule has 0 spiro atoms. The molecule has 0 unspecified atom stereocenters. The van der Waals surface area contributed by atoms with Crippen molar-refractivity contribution in [1.82, 2.24) is 25.3 Å². The zero-order valence-electron chi connectivity index (χ0n) is 23.7. The molecule has 45 heavy (non-hydrogen) atoms. The first-order valence-electron chi connectivity index (χ1n) is 13.9. The van der Waals surface area contributed by atoms with Crippen LogP contribution < -0.4 is 22.2 Å². The number of aromatic amines is 2. The number of halogens is 1. The van der Waals surface area contributed by atoms with Crippen molar-refractivity contribution >= 4 is 55.0 Å². The third kappa shape index (κ3) is 6.01. The van der Waals surface area contributed by atoms with Crippen molar-refractivity contribution in [3.8, 4) is 0 Å². The van der Waals surface area contributed by atoms with Gasteiger partial charge in [-0.1, -0.05) is 70.5 Å². The SMILES string of the molecule is NCc1n[nH]c(=O)c2cc(NCc3ccccc3)ccc12.O=C1c2ccccc2C(=O)N1Cc1n[nH]c(=O)c2cc(Br)ccc12. The molecule has 0 aliphatic carbocycles. The number of nitrogens with two attached hydrogens (primary N) is 1. The molecule has 6 aromatic rings. The summed E-state index contributed by atoms with van der Waals surface area (Å²) in [6.07, 6.45) is 0. The van der Waals surface area contributed by atoms with Gasteiger partial charge >= 0.3 is 0 Å². The second kappa shape index (κ2) is 12.6. The monoisotopic (exact) mass is 663 g/mol. The molecule has 5 N–H and O–H groups in total. The lowest BCUT2D eigenvalue weighted by atomic mass is 10.1. The molecule has 0 saturated carbocycles. The molecule has 2 amide bonds. The lowest BCUT2D eigenvalue weighted by molar-refractivity contribution is 0.0640. The van der Waals surface area contributed by atoms with E-state index in [0.29, 0.717) is 51.8 Å². The number of benzene rings is 4. The molecule has 1 aliphatic rings. The van der Waals surface area contributed by atoms with E-state index in [4.69, 9.17) is 5.73 Å². The van der Waals surface area contributed by atoms with Crippen LogP contribution in [-0.4, -0.2) is 37.1 Å². The highest BCUT2D eigenvalue weighted by molar-refractivity contribution is 9.10. The summed E-state index contributed by atoms with van der Waals surface area (Å²) in [6.45, 7) is 1.00. The number of amides is 2. The van der Waals surface area contributed by atoms with Crippen LogP contribution in [0.3, 0.4) is 0 Å². The highest BCUT2D eigenvalue weighted by Gasteiger charge is 2.35. The van der Waals surface area contributed by atoms with Gasteiger partial charge in [0, 0.05) is 34.0 Å². The van der Waals surface area contributed by atoms with Crippen molar-refractivity contribution in [2.75, 3.05) is 5.32 Å². The fraction of sp³-hybridized carbons (Fsp3) is 0.0909. The number of hydrogen-bond donors (Lipinski definition) is 4. The third-order valence-corrected chi connectivity index (χ3v) is 7.91. The van der Waals surface area contributed by atoms with E-state index in [1.54, 1.807) is 42.5 Å². The number of carbonyl (C=O) groups is 2. The second-order valence-corrected chi connectivity index (χ2v) is 11.2. The average Bonchev–Trinajstić information content (AvgIpc) is 3.31. The molecule has 224 valence electrons. The van der Waals surface area contributed by atoms with E-state index in [0.717, 1.165) is 20.4 Å². The van der Waals surface area contributed by atoms with Crippen molar-refractivity contribution in [2.45, 2.75) is 19.6 Å². The number of aromatic nitrogens is 4. The highest BCUT2D eigenvalue weighted by Crippen LogP contribution is 2.26. The predicted molar refractivity (Wildman–Crippen MR) is 175 cm³/mol. The van der Waals surface area contributed by atoms with Crippen LogP contribution in [-0.2, 0) is 19.6 Å². The van der Waals surface area contributed by atoms with Crippen molar-refractivity contribution in [1.29, 1.82) is 0 Å². The summed E-state index contributed by atoms with van der Waals surface area (Å²) in [5, 5.41) is 18.7. The number of nitrogens with zero attached hydrogens (tertiary/aromatic N) is 3. The Kier molecular flexibility index (Phi) is 8.32. The molecule has 4 aromatic carbocycles. The molecular weight excluding hydrogens is 638 g/mol. The van der Waals surface area contributed by atoms with Crippen molar-refractivity contribution < 1.29 is 9.59 Å². The molecule has 7 rings (SSSR count). The fourth-order valence-corrected chi connectivity index (χ4v) is 5.50. The van der Waals surface area contributed by atoms with Crippen molar-refractivity contribution in [2.24, 2.45) is 5.73 Å². The molecule has 0 saturated heterocycles. The first kappa shape index (κ1) is 29.6. The highest BCUT2D eigenvalue weighted by atomic mass is 79.9. The normalized spacial score (nSPS) is 12.3. The Labute approximate surface area is 264 Å². The Morgan fingerprint density at radius 1 is 0.689 bits per heavy atom. The number of H-pyrrole nitrogens is 2. The number of rotatable bonds is 6. The van der Waals surface area contributed by atoms with Gasteiger partial charge in [-0.05, 0) is 42.0 Å². The van der Waals surface area contributed by atoms with E-state index < -0.39 is 0 Å². The number of anilines is 1. The van der Waals surface area contributed by atoms with Gasteiger partial charge in [0.1, 0.15) is 0 Å². The number of hydrogen-bond acceptors (Lipinski definition) is 8. The topological polar surface area (TPSA) is 167 Å². The van der Waals surface area contributed by atoms with Gasteiger partial charge < -0.3 is 11.1 Å². The predicted octanol–water partition coefficient (Wildman–Crippen LogP) is 4.48. The number of nitrogens with one attached hydrogen (secondary N) is 3. The summed E-state index contributed by atoms with van der Waals surface area (Å²) in [4.78, 5) is 49.9. The minimum Gasteiger partial charge on any atom is -0.381 e. The van der Waals surface area contributed by atoms with Gasteiger partial charge in [0.15, 0.2) is 0 Å². The molecule has 11 nitrogen and oxygen atoms in total.